The number of hydrogen-bond donors (Lipinski definition) is 4. The number of nitrogens with two attached hydrogens (primary N) is 1. The predicted octanol–water partition coefficient (Wildman–Crippen LogP) is 13.8. The number of aromatic nitrogens is 3. The van der Waals surface area contributed by atoms with Crippen molar-refractivity contribution in [3.63, 3.8) is 0 Å². The number of fused-ring (bicyclic) bond motifs is 4. The highest BCUT2D eigenvalue weighted by Crippen LogP contribution is 2.37. The number of carbonyl (C=O) groups excluding carboxylic acids is 3. The number of anilines is 7. The molecule has 0 unspecified atom stereocenters. The van der Waals surface area contributed by atoms with Crippen molar-refractivity contribution < 1.29 is 23.9 Å². The zero-order valence-corrected chi connectivity index (χ0v) is 46.8. The van der Waals surface area contributed by atoms with Gasteiger partial charge in [0.2, 0.25) is 0 Å². The Hall–Kier alpha value is -8.52. The van der Waals surface area contributed by atoms with Crippen LogP contribution in [0.25, 0.3) is 0 Å². The number of ether oxygens (including phenoxy) is 2. The lowest BCUT2D eigenvalue weighted by Crippen LogP contribution is -2.12. The lowest BCUT2D eigenvalue weighted by atomic mass is 10.1. The van der Waals surface area contributed by atoms with E-state index in [9.17, 15) is 19.6 Å². The van der Waals surface area contributed by atoms with Gasteiger partial charge in [-0.2, -0.15) is 15.8 Å². The van der Waals surface area contributed by atoms with Crippen LogP contribution in [0.3, 0.4) is 0 Å². The molecule has 0 saturated carbocycles. The number of carbonyl (C=O) groups is 3. The summed E-state index contributed by atoms with van der Waals surface area (Å²) in [5.41, 5.74) is 21.4. The van der Waals surface area contributed by atoms with Gasteiger partial charge in [-0.25, -0.2) is 24.5 Å². The summed E-state index contributed by atoms with van der Waals surface area (Å²) >= 11 is 17.2. The molecular formula is C62H57Cl3N10O5. The molecule has 4 aliphatic rings. The molecule has 0 radical (unpaired) electrons. The van der Waals surface area contributed by atoms with Gasteiger partial charge < -0.3 is 31.2 Å². The van der Waals surface area contributed by atoms with Crippen molar-refractivity contribution in [2.75, 3.05) is 34.9 Å². The summed E-state index contributed by atoms with van der Waals surface area (Å²) in [6, 6.07) is 34.9. The van der Waals surface area contributed by atoms with E-state index in [4.69, 9.17) is 65.5 Å². The highest BCUT2D eigenvalue weighted by molar-refractivity contribution is 6.35. The molecule has 0 aliphatic heterocycles. The van der Waals surface area contributed by atoms with Crippen LogP contribution in [0.2, 0.25) is 15.5 Å². The Morgan fingerprint density at radius 1 is 0.500 bits per heavy atom. The van der Waals surface area contributed by atoms with Crippen LogP contribution in [0.1, 0.15) is 139 Å². The number of rotatable bonds is 11. The van der Waals surface area contributed by atoms with Crippen LogP contribution in [0.4, 0.5) is 40.2 Å². The molecule has 80 heavy (non-hydrogen) atoms. The topological polar surface area (TPSA) is 242 Å². The molecule has 0 atom stereocenters. The number of hydrogen-bond acceptors (Lipinski definition) is 15. The first kappa shape index (κ1) is 57.6. The van der Waals surface area contributed by atoms with Gasteiger partial charge in [0.15, 0.2) is 11.6 Å². The van der Waals surface area contributed by atoms with Gasteiger partial charge in [0.25, 0.3) is 0 Å². The van der Waals surface area contributed by atoms with Crippen LogP contribution in [0, 0.1) is 34.0 Å². The fourth-order valence-electron chi connectivity index (χ4n) is 10.2. The normalized spacial score (nSPS) is 12.8. The SMILES string of the molecule is CC(=O)c1cc(C#N)c(Cl)nc1Cl.CCOC(=O)c1cc(C#N)c(Cl)nc1Nc1cccc2c1CCC2.CCOC(=O)c1cc(C#N)c(Nc2cccc3c2CCC3)nc1Nc1cccc2c1CCC2.Nc1cccc2c1CCC2. The van der Waals surface area contributed by atoms with Gasteiger partial charge in [-0.05, 0) is 185 Å². The van der Waals surface area contributed by atoms with Crippen LogP contribution < -0.4 is 21.7 Å². The maximum Gasteiger partial charge on any atom is 0.341 e. The van der Waals surface area contributed by atoms with E-state index in [1.54, 1.807) is 19.9 Å². The van der Waals surface area contributed by atoms with Crippen LogP contribution in [0.5, 0.6) is 0 Å². The Kier molecular flexibility index (Phi) is 19.4. The molecule has 4 aromatic carbocycles. The number of halogens is 3. The molecule has 11 rings (SSSR count). The van der Waals surface area contributed by atoms with Crippen LogP contribution in [0.15, 0.2) is 91.0 Å². The van der Waals surface area contributed by atoms with Crippen molar-refractivity contribution in [1.29, 1.82) is 15.8 Å². The first-order chi connectivity index (χ1) is 38.7. The summed E-state index contributed by atoms with van der Waals surface area (Å²) in [4.78, 5) is 48.5. The molecule has 0 spiro atoms. The molecule has 5 N–H and O–H groups in total. The molecule has 4 aliphatic carbocycles. The number of aryl methyl sites for hydroxylation is 4. The van der Waals surface area contributed by atoms with Gasteiger partial charge in [0.05, 0.1) is 35.5 Å². The lowest BCUT2D eigenvalue weighted by Gasteiger charge is -2.17. The molecule has 0 fully saturated rings. The predicted molar refractivity (Wildman–Crippen MR) is 312 cm³/mol. The largest absolute Gasteiger partial charge is 0.462 e. The van der Waals surface area contributed by atoms with E-state index in [-0.39, 0.29) is 62.3 Å². The molecular weight excluding hydrogens is 1070 g/mol. The minimum atomic E-state index is -0.534. The molecule has 0 amide bonds. The zero-order valence-electron chi connectivity index (χ0n) is 44.5. The standard InChI is InChI=1S/C27H26N4O2.C18H16ClN3O2.C9H11N.C8H4Cl2N2O/c1-2-33-27(32)22-15-19(16-28)25(29-23-13-5-9-17-7-3-11-20(17)23)31-26(22)30-24-14-6-10-18-8-4-12-21(18)24;1-2-24-18(23)14-9-12(10-20)16(19)22-17(14)21-15-8-4-6-11-5-3-7-13(11)15;10-9-6-2-4-7-3-1-5-8(7)9;1-4(13)6-2-5(3-11)7(9)12-8(6)10/h5-6,9-10,13-15H,2-4,7-8,11-12H2,1H3,(H2,29,30,31);4,6,8-9H,2-3,5,7H2,1H3,(H,21,22);2,4,6H,1,3,5,10H2;2H,1H3. The minimum absolute atomic E-state index is 0.0116. The third kappa shape index (κ3) is 13.5. The quantitative estimate of drug-likeness (QED) is 0.0407. The van der Waals surface area contributed by atoms with Crippen molar-refractivity contribution >= 4 is 92.7 Å². The zero-order chi connectivity index (χ0) is 56.9. The van der Waals surface area contributed by atoms with Crippen LogP contribution >= 0.6 is 34.8 Å². The third-order valence-corrected chi connectivity index (χ3v) is 14.9. The van der Waals surface area contributed by atoms with Gasteiger partial charge in [-0.1, -0.05) is 83.3 Å². The van der Waals surface area contributed by atoms with Crippen molar-refractivity contribution in [2.45, 2.75) is 97.8 Å². The van der Waals surface area contributed by atoms with Crippen molar-refractivity contribution in [3.8, 4) is 18.2 Å². The van der Waals surface area contributed by atoms with E-state index in [2.05, 4.69) is 56.3 Å². The van der Waals surface area contributed by atoms with Crippen LogP contribution in [-0.2, 0) is 60.8 Å². The average molecular weight is 1130 g/mol. The summed E-state index contributed by atoms with van der Waals surface area (Å²) in [5.74, 6) is -0.149. The summed E-state index contributed by atoms with van der Waals surface area (Å²) in [6.45, 7) is 5.32. The fourth-order valence-corrected chi connectivity index (χ4v) is 10.9. The number of nitrogens with one attached hydrogen (secondary N) is 3. The monoisotopic (exact) mass is 1130 g/mol. The summed E-state index contributed by atoms with van der Waals surface area (Å²) in [6.07, 6.45) is 13.2. The Morgan fingerprint density at radius 2 is 0.875 bits per heavy atom. The maximum atomic E-state index is 12.7. The Bertz CT molecular complexity index is 3660. The molecule has 7 aromatic rings. The lowest BCUT2D eigenvalue weighted by molar-refractivity contribution is 0.0517. The van der Waals surface area contributed by atoms with Crippen molar-refractivity contribution in [3.05, 3.63) is 184 Å². The molecule has 3 heterocycles. The van der Waals surface area contributed by atoms with Gasteiger partial charge in [-0.15, -0.1) is 0 Å². The van der Waals surface area contributed by atoms with Crippen LogP contribution in [-0.4, -0.2) is 45.9 Å². The third-order valence-electron chi connectivity index (χ3n) is 14.0. The minimum Gasteiger partial charge on any atom is -0.462 e. The van der Waals surface area contributed by atoms with Gasteiger partial charge in [-0.3, -0.25) is 4.79 Å². The number of esters is 2. The molecule has 0 saturated heterocycles. The van der Waals surface area contributed by atoms with Crippen molar-refractivity contribution in [2.24, 2.45) is 0 Å². The summed E-state index contributed by atoms with van der Waals surface area (Å²) < 4.78 is 10.3. The second kappa shape index (κ2) is 26.9. The van der Waals surface area contributed by atoms with E-state index >= 15 is 0 Å². The van der Waals surface area contributed by atoms with Crippen molar-refractivity contribution in [1.82, 2.24) is 15.0 Å². The maximum absolute atomic E-state index is 12.7. The fraction of sp³-hybridized carbons (Fsp3) is 0.274. The summed E-state index contributed by atoms with van der Waals surface area (Å²) in [7, 11) is 0. The number of ketones is 1. The number of pyridine rings is 3. The van der Waals surface area contributed by atoms with E-state index in [0.29, 0.717) is 23.0 Å². The van der Waals surface area contributed by atoms with E-state index < -0.39 is 11.9 Å². The number of nitriles is 3. The average Bonchev–Trinajstić information content (AvgIpc) is 4.35. The number of Topliss-reactive ketones (excluding diaryl/α,β-unsaturated/α-hetero) is 1. The number of nitrogen functional groups attached to an aromatic ring is 1. The second-order valence-corrected chi connectivity index (χ2v) is 20.2. The molecule has 15 nitrogen and oxygen atoms in total. The molecule has 0 bridgehead atoms. The molecule has 3 aromatic heterocycles. The summed E-state index contributed by atoms with van der Waals surface area (Å²) in [5, 5.41) is 37.6. The van der Waals surface area contributed by atoms with E-state index in [1.165, 1.54) is 82.8 Å². The second-order valence-electron chi connectivity index (χ2n) is 19.1. The highest BCUT2D eigenvalue weighted by atomic mass is 35.5. The number of nitrogens with zero attached hydrogens (tertiary/aromatic N) is 6. The highest BCUT2D eigenvalue weighted by Gasteiger charge is 2.25. The van der Waals surface area contributed by atoms with E-state index in [1.807, 2.05) is 60.7 Å². The van der Waals surface area contributed by atoms with Gasteiger partial charge in [0.1, 0.15) is 56.4 Å². The first-order valence-electron chi connectivity index (χ1n) is 26.4. The first-order valence-corrected chi connectivity index (χ1v) is 27.6. The Morgan fingerprint density at radius 3 is 1.30 bits per heavy atom. The van der Waals surface area contributed by atoms with Gasteiger partial charge >= 0.3 is 11.9 Å². The number of benzene rings is 4. The van der Waals surface area contributed by atoms with Gasteiger partial charge in [0, 0.05) is 22.7 Å². The smallest absolute Gasteiger partial charge is 0.341 e. The Balaban J connectivity index is 0.000000155. The van der Waals surface area contributed by atoms with E-state index in [0.717, 1.165) is 80.5 Å². The Labute approximate surface area is 480 Å². The molecule has 406 valence electrons. The molecule has 18 heteroatoms.